The van der Waals surface area contributed by atoms with E-state index < -0.39 is 0 Å². The molecule has 0 aromatic heterocycles. The molecule has 2 heteroatoms. The van der Waals surface area contributed by atoms with Crippen LogP contribution in [0.2, 0.25) is 0 Å². The van der Waals surface area contributed by atoms with Crippen molar-refractivity contribution in [3.63, 3.8) is 0 Å². The molecule has 2 nitrogen and oxygen atoms in total. The van der Waals surface area contributed by atoms with Crippen molar-refractivity contribution in [1.29, 1.82) is 0 Å². The zero-order chi connectivity index (χ0) is 13.0. The van der Waals surface area contributed by atoms with Crippen LogP contribution in [0.3, 0.4) is 0 Å². The number of rotatable bonds is 4. The van der Waals surface area contributed by atoms with Crippen molar-refractivity contribution in [1.82, 2.24) is 5.32 Å². The first-order valence-electron chi connectivity index (χ1n) is 7.12. The van der Waals surface area contributed by atoms with E-state index in [0.29, 0.717) is 0 Å². The second-order valence-corrected chi connectivity index (χ2v) is 5.59. The predicted octanol–water partition coefficient (Wildman–Crippen LogP) is 3.47. The summed E-state index contributed by atoms with van der Waals surface area (Å²) in [6, 6.07) is 8.89. The summed E-state index contributed by atoms with van der Waals surface area (Å²) in [5, 5.41) is 3.61. The smallest absolute Gasteiger partial charge is 0.0950 e. The van der Waals surface area contributed by atoms with Crippen molar-refractivity contribution in [3.8, 4) is 0 Å². The monoisotopic (exact) mass is 247 g/mol. The lowest BCUT2D eigenvalue weighted by Crippen LogP contribution is -2.52. The van der Waals surface area contributed by atoms with Crippen molar-refractivity contribution in [2.75, 3.05) is 13.2 Å². The number of morpholine rings is 1. The SMILES string of the molecule is CCCc1ccc(C2CNC(C)(CC)CO2)cc1. The quantitative estimate of drug-likeness (QED) is 0.879. The van der Waals surface area contributed by atoms with Crippen LogP contribution in [0.5, 0.6) is 0 Å². The second kappa shape index (κ2) is 5.85. The molecule has 1 N–H and O–H groups in total. The number of aryl methyl sites for hydroxylation is 1. The first-order chi connectivity index (χ1) is 8.67. The van der Waals surface area contributed by atoms with Gasteiger partial charge in [0.15, 0.2) is 0 Å². The molecule has 0 bridgehead atoms. The summed E-state index contributed by atoms with van der Waals surface area (Å²) in [7, 11) is 0. The molecule has 1 aliphatic heterocycles. The highest BCUT2D eigenvalue weighted by Crippen LogP contribution is 2.25. The number of ether oxygens (including phenoxy) is 1. The minimum absolute atomic E-state index is 0.151. The first-order valence-corrected chi connectivity index (χ1v) is 7.12. The van der Waals surface area contributed by atoms with E-state index in [1.807, 2.05) is 0 Å². The molecule has 18 heavy (non-hydrogen) atoms. The van der Waals surface area contributed by atoms with Crippen LogP contribution in [0.1, 0.15) is 50.8 Å². The molecule has 0 saturated carbocycles. The van der Waals surface area contributed by atoms with Crippen LogP contribution in [0, 0.1) is 0 Å². The lowest BCUT2D eigenvalue weighted by molar-refractivity contribution is -0.0299. The number of hydrogen-bond acceptors (Lipinski definition) is 2. The van der Waals surface area contributed by atoms with Crippen molar-refractivity contribution >= 4 is 0 Å². The zero-order valence-electron chi connectivity index (χ0n) is 11.8. The van der Waals surface area contributed by atoms with E-state index >= 15 is 0 Å². The third-order valence-corrected chi connectivity index (χ3v) is 3.99. The molecular weight excluding hydrogens is 222 g/mol. The molecule has 2 unspecified atom stereocenters. The van der Waals surface area contributed by atoms with Crippen molar-refractivity contribution in [2.24, 2.45) is 0 Å². The normalized spacial score (nSPS) is 28.3. The molecule has 1 aliphatic rings. The van der Waals surface area contributed by atoms with E-state index in [4.69, 9.17) is 4.74 Å². The Morgan fingerprint density at radius 2 is 2.00 bits per heavy atom. The van der Waals surface area contributed by atoms with Crippen molar-refractivity contribution in [2.45, 2.75) is 51.7 Å². The van der Waals surface area contributed by atoms with Gasteiger partial charge in [-0.1, -0.05) is 44.5 Å². The Morgan fingerprint density at radius 1 is 1.28 bits per heavy atom. The molecule has 2 atom stereocenters. The lowest BCUT2D eigenvalue weighted by Gasteiger charge is -2.38. The van der Waals surface area contributed by atoms with Crippen molar-refractivity contribution in [3.05, 3.63) is 35.4 Å². The van der Waals surface area contributed by atoms with Gasteiger partial charge in [0.1, 0.15) is 0 Å². The van der Waals surface area contributed by atoms with Gasteiger partial charge in [-0.05, 0) is 30.9 Å². The minimum Gasteiger partial charge on any atom is -0.370 e. The highest BCUT2D eigenvalue weighted by atomic mass is 16.5. The van der Waals surface area contributed by atoms with Crippen LogP contribution in [0.15, 0.2) is 24.3 Å². The molecule has 0 amide bonds. The van der Waals surface area contributed by atoms with Gasteiger partial charge in [0.25, 0.3) is 0 Å². The molecule has 1 heterocycles. The van der Waals surface area contributed by atoms with Crippen LogP contribution in [-0.4, -0.2) is 18.7 Å². The van der Waals surface area contributed by atoms with Gasteiger partial charge in [0, 0.05) is 12.1 Å². The number of hydrogen-bond donors (Lipinski definition) is 1. The highest BCUT2D eigenvalue weighted by molar-refractivity contribution is 5.25. The molecular formula is C16H25NO. The van der Waals surface area contributed by atoms with E-state index in [9.17, 15) is 0 Å². The van der Waals surface area contributed by atoms with E-state index in [0.717, 1.165) is 26.0 Å². The molecule has 0 aliphatic carbocycles. The number of nitrogens with one attached hydrogen (secondary N) is 1. The Morgan fingerprint density at radius 3 is 2.50 bits per heavy atom. The topological polar surface area (TPSA) is 21.3 Å². The molecule has 2 rings (SSSR count). The molecule has 100 valence electrons. The zero-order valence-corrected chi connectivity index (χ0v) is 11.8. The Bertz CT molecular complexity index is 363. The molecule has 1 fully saturated rings. The predicted molar refractivity (Wildman–Crippen MR) is 75.8 cm³/mol. The molecule has 1 aromatic carbocycles. The summed E-state index contributed by atoms with van der Waals surface area (Å²) in [4.78, 5) is 0. The van der Waals surface area contributed by atoms with Gasteiger partial charge in [-0.25, -0.2) is 0 Å². The Labute approximate surface area is 111 Å². The fourth-order valence-electron chi connectivity index (χ4n) is 2.36. The van der Waals surface area contributed by atoms with Crippen LogP contribution in [0.4, 0.5) is 0 Å². The Balaban J connectivity index is 1.97. The average Bonchev–Trinajstić information content (AvgIpc) is 2.41. The summed E-state index contributed by atoms with van der Waals surface area (Å²) in [5.74, 6) is 0. The van der Waals surface area contributed by atoms with Gasteiger partial charge in [-0.2, -0.15) is 0 Å². The third kappa shape index (κ3) is 3.12. The van der Waals surface area contributed by atoms with Crippen LogP contribution in [-0.2, 0) is 11.2 Å². The van der Waals surface area contributed by atoms with Gasteiger partial charge in [-0.3, -0.25) is 0 Å². The van der Waals surface area contributed by atoms with Crippen LogP contribution in [0.25, 0.3) is 0 Å². The van der Waals surface area contributed by atoms with Gasteiger partial charge in [0.05, 0.1) is 12.7 Å². The van der Waals surface area contributed by atoms with E-state index in [-0.39, 0.29) is 11.6 Å². The molecule has 0 spiro atoms. The van der Waals surface area contributed by atoms with Crippen LogP contribution < -0.4 is 5.32 Å². The lowest BCUT2D eigenvalue weighted by atomic mass is 9.96. The van der Waals surface area contributed by atoms with Gasteiger partial charge in [0.2, 0.25) is 0 Å². The maximum atomic E-state index is 6.01. The van der Waals surface area contributed by atoms with E-state index in [1.54, 1.807) is 0 Å². The van der Waals surface area contributed by atoms with Gasteiger partial charge >= 0.3 is 0 Å². The summed E-state index contributed by atoms with van der Waals surface area (Å²) in [6.45, 7) is 8.36. The summed E-state index contributed by atoms with van der Waals surface area (Å²) < 4.78 is 6.01. The Kier molecular flexibility index (Phi) is 4.41. The molecule has 1 aromatic rings. The first kappa shape index (κ1) is 13.6. The standard InChI is InChI=1S/C16H25NO/c1-4-6-13-7-9-14(10-8-13)15-11-17-16(3,5-2)12-18-15/h7-10,15,17H,4-6,11-12H2,1-3H3. The van der Waals surface area contributed by atoms with Crippen LogP contribution >= 0.6 is 0 Å². The van der Waals surface area contributed by atoms with Gasteiger partial charge < -0.3 is 10.1 Å². The third-order valence-electron chi connectivity index (χ3n) is 3.99. The van der Waals surface area contributed by atoms with Crippen molar-refractivity contribution < 1.29 is 4.74 Å². The molecule has 1 saturated heterocycles. The summed E-state index contributed by atoms with van der Waals surface area (Å²) in [5.41, 5.74) is 2.86. The van der Waals surface area contributed by atoms with Gasteiger partial charge in [-0.15, -0.1) is 0 Å². The van der Waals surface area contributed by atoms with E-state index in [2.05, 4.69) is 50.4 Å². The fraction of sp³-hybridized carbons (Fsp3) is 0.625. The maximum absolute atomic E-state index is 6.01. The number of benzene rings is 1. The maximum Gasteiger partial charge on any atom is 0.0950 e. The minimum atomic E-state index is 0.151. The summed E-state index contributed by atoms with van der Waals surface area (Å²) in [6.07, 6.45) is 3.68. The fourth-order valence-corrected chi connectivity index (χ4v) is 2.36. The summed E-state index contributed by atoms with van der Waals surface area (Å²) >= 11 is 0. The highest BCUT2D eigenvalue weighted by Gasteiger charge is 2.30. The largest absolute Gasteiger partial charge is 0.370 e. The molecule has 0 radical (unpaired) electrons. The average molecular weight is 247 g/mol. The second-order valence-electron chi connectivity index (χ2n) is 5.59. The van der Waals surface area contributed by atoms with E-state index in [1.165, 1.54) is 17.5 Å². The Hall–Kier alpha value is -0.860.